The largest absolute Gasteiger partial charge is 0.469 e. The van der Waals surface area contributed by atoms with Gasteiger partial charge in [-0.1, -0.05) is 20.8 Å². The van der Waals surface area contributed by atoms with Gasteiger partial charge in [-0.25, -0.2) is 4.98 Å². The van der Waals surface area contributed by atoms with E-state index in [2.05, 4.69) is 16.9 Å². The molecule has 2 N–H and O–H groups in total. The Bertz CT molecular complexity index is 2480. The average Bonchev–Trinajstić information content (AvgIpc) is 3.85. The lowest BCUT2D eigenvalue weighted by Crippen LogP contribution is -2.40. The first-order valence-corrected chi connectivity index (χ1v) is 19.2. The maximum atomic E-state index is 14.9. The van der Waals surface area contributed by atoms with Crippen LogP contribution in [0.5, 0.6) is 0 Å². The minimum Gasteiger partial charge on any atom is -0.469 e. The summed E-state index contributed by atoms with van der Waals surface area (Å²) in [5.74, 6) is -3.51. The number of nitrogens with one attached hydrogen (secondary N) is 2. The number of amides is 2. The average molecular weight is 824 g/mol. The van der Waals surface area contributed by atoms with Crippen molar-refractivity contribution in [3.63, 3.8) is 0 Å². The van der Waals surface area contributed by atoms with Gasteiger partial charge in [-0.05, 0) is 80.3 Å². The molecule has 6 heterocycles. The molecule has 59 heavy (non-hydrogen) atoms. The highest BCUT2D eigenvalue weighted by molar-refractivity contribution is 6.23. The molecule has 1 aromatic carbocycles. The van der Waals surface area contributed by atoms with Crippen molar-refractivity contribution in [3.05, 3.63) is 104 Å². The number of nitrogens with zero attached hydrogens (tertiary/aromatic N) is 3. The van der Waals surface area contributed by atoms with E-state index in [4.69, 9.17) is 19.4 Å². The van der Waals surface area contributed by atoms with Gasteiger partial charge < -0.3 is 19.4 Å². The van der Waals surface area contributed by atoms with E-state index >= 15 is 0 Å². The molecule has 0 aliphatic carbocycles. The lowest BCUT2D eigenvalue weighted by molar-refractivity contribution is -0.143. The van der Waals surface area contributed by atoms with Gasteiger partial charge in [0.15, 0.2) is 0 Å². The number of rotatable bonds is 7. The number of alkyl halides is 6. The zero-order chi connectivity index (χ0) is 43.0. The van der Waals surface area contributed by atoms with Crippen LogP contribution in [0.3, 0.4) is 0 Å². The van der Waals surface area contributed by atoms with E-state index in [-0.39, 0.29) is 59.2 Å². The van der Waals surface area contributed by atoms with Gasteiger partial charge in [0.1, 0.15) is 0 Å². The Morgan fingerprint density at radius 1 is 0.814 bits per heavy atom. The minimum atomic E-state index is -5.15. The van der Waals surface area contributed by atoms with Crippen molar-refractivity contribution in [2.45, 2.75) is 103 Å². The van der Waals surface area contributed by atoms with Crippen LogP contribution in [0.15, 0.2) is 36.4 Å². The van der Waals surface area contributed by atoms with E-state index in [1.807, 2.05) is 45.9 Å². The molecule has 2 aromatic heterocycles. The summed E-state index contributed by atoms with van der Waals surface area (Å²) in [4.78, 5) is 59.4. The number of aromatic nitrogens is 4. The molecule has 2 amide bonds. The first kappa shape index (κ1) is 41.6. The van der Waals surface area contributed by atoms with Gasteiger partial charge in [-0.3, -0.25) is 24.3 Å². The lowest BCUT2D eigenvalue weighted by Gasteiger charge is -2.27. The van der Waals surface area contributed by atoms with Crippen LogP contribution in [0.4, 0.5) is 26.3 Å². The molecule has 10 nitrogen and oxygen atoms in total. The molecule has 16 heteroatoms. The number of aryl methyl sites for hydroxylation is 1. The third-order valence-electron chi connectivity index (χ3n) is 12.2. The van der Waals surface area contributed by atoms with E-state index in [9.17, 15) is 40.7 Å². The van der Waals surface area contributed by atoms with Crippen LogP contribution in [-0.4, -0.2) is 62.9 Å². The van der Waals surface area contributed by atoms with Crippen LogP contribution in [0.1, 0.15) is 148 Å². The number of hydrogen-bond donors (Lipinski definition) is 2. The third-order valence-corrected chi connectivity index (χ3v) is 12.2. The molecule has 312 valence electrons. The molecule has 8 bridgehead atoms. The maximum absolute atomic E-state index is 14.9. The maximum Gasteiger partial charge on any atom is 0.416 e. The minimum absolute atomic E-state index is 0.00151. The summed E-state index contributed by atoms with van der Waals surface area (Å²) >= 11 is 0. The Hall–Kier alpha value is -5.51. The number of ether oxygens (including phenoxy) is 2. The second kappa shape index (κ2) is 14.9. The normalized spacial score (nSPS) is 20.6. The first-order valence-electron chi connectivity index (χ1n) is 19.2. The molecular formula is C43H43F6N5O5. The summed E-state index contributed by atoms with van der Waals surface area (Å²) < 4.78 is 94.4. The number of fused-ring (bicyclic) bond motifs is 8. The molecule has 0 spiro atoms. The van der Waals surface area contributed by atoms with Gasteiger partial charge in [0.25, 0.3) is 11.8 Å². The van der Waals surface area contributed by atoms with E-state index in [1.54, 1.807) is 14.0 Å². The van der Waals surface area contributed by atoms with Gasteiger partial charge in [0, 0.05) is 65.4 Å². The number of allylic oxidation sites excluding steroid dienone is 1. The Labute approximate surface area is 335 Å². The van der Waals surface area contributed by atoms with Crippen LogP contribution in [-0.2, 0) is 33.2 Å². The number of benzene rings is 1. The molecule has 4 aliphatic rings. The Morgan fingerprint density at radius 2 is 1.42 bits per heavy atom. The molecule has 4 aliphatic heterocycles. The summed E-state index contributed by atoms with van der Waals surface area (Å²) in [5.41, 5.74) is 2.54. The fourth-order valence-electron chi connectivity index (χ4n) is 8.49. The van der Waals surface area contributed by atoms with Crippen molar-refractivity contribution < 1.29 is 50.2 Å². The monoisotopic (exact) mass is 823 g/mol. The van der Waals surface area contributed by atoms with Crippen molar-refractivity contribution in [2.75, 3.05) is 14.2 Å². The standard InChI is InChI=1S/C43H43F6N5O5/c1-18-19(2)29-16-33-35(23(6)58-7)21(4)31(51-33)15-30-20(3)27(9-10-34(55)59-8)38(52-30)37-39-36(22(5)32(53-39)14-28(18)50-29)40(56)54(41(37)57)17-24-11-25(42(44,45)46)13-26(12-24)43(47,48)49/h11-16,18-20,23,27,50,53H,9-10,17H2,1-8H3/t18?,19?,20-,23?,27-/m0/s1. The van der Waals surface area contributed by atoms with Crippen molar-refractivity contribution in [2.24, 2.45) is 0 Å². The number of methoxy groups -OCH3 is 2. The summed E-state index contributed by atoms with van der Waals surface area (Å²) in [6, 6.07) is 6.63. The molecule has 0 radical (unpaired) electrons. The number of imide groups is 1. The summed E-state index contributed by atoms with van der Waals surface area (Å²) in [6.45, 7) is 10.6. The molecule has 0 saturated heterocycles. The molecule has 5 atom stereocenters. The fraction of sp³-hybridized carbons (Fsp3) is 0.419. The molecule has 0 saturated carbocycles. The van der Waals surface area contributed by atoms with Crippen LogP contribution < -0.4 is 0 Å². The summed E-state index contributed by atoms with van der Waals surface area (Å²) in [5, 5.41) is 0. The molecular weight excluding hydrogens is 780 g/mol. The number of halogens is 6. The van der Waals surface area contributed by atoms with E-state index in [0.717, 1.165) is 22.5 Å². The summed E-state index contributed by atoms with van der Waals surface area (Å²) in [6.07, 6.45) is -10.6. The summed E-state index contributed by atoms with van der Waals surface area (Å²) in [7, 11) is 2.86. The SMILES string of the molecule is COC(=O)CC[C@@H]1c2nc(cc3nc(cc4[nH]c(cc5[nH]c6c2C(=O)N(Cc2cc(C(F)(F)F)cc(C(F)(F)F)c2)C(=O)c6c5C)C(C)C4C)C(C(C)OC)=C3C)[C@H]1C. The number of hydrogen-bond acceptors (Lipinski definition) is 7. The number of aromatic amines is 2. The second-order valence-electron chi connectivity index (χ2n) is 15.7. The highest BCUT2D eigenvalue weighted by atomic mass is 19.4. The predicted molar refractivity (Wildman–Crippen MR) is 206 cm³/mol. The number of carbonyl (C=O) groups excluding carboxylic acids is 3. The first-order chi connectivity index (χ1) is 27.6. The third kappa shape index (κ3) is 7.29. The number of H-pyrrole nitrogens is 2. The van der Waals surface area contributed by atoms with Crippen LogP contribution in [0.25, 0.3) is 22.2 Å². The van der Waals surface area contributed by atoms with E-state index in [0.29, 0.717) is 45.2 Å². The van der Waals surface area contributed by atoms with Crippen molar-refractivity contribution in [1.29, 1.82) is 0 Å². The molecule has 0 fully saturated rings. The van der Waals surface area contributed by atoms with Gasteiger partial charge in [-0.15, -0.1) is 0 Å². The number of esters is 1. The Kier molecular flexibility index (Phi) is 10.5. The Morgan fingerprint density at radius 3 is 2.02 bits per heavy atom. The highest BCUT2D eigenvalue weighted by Gasteiger charge is 2.43. The van der Waals surface area contributed by atoms with Crippen molar-refractivity contribution in [1.82, 2.24) is 24.8 Å². The topological polar surface area (TPSA) is 130 Å². The van der Waals surface area contributed by atoms with E-state index < -0.39 is 65.2 Å². The van der Waals surface area contributed by atoms with E-state index in [1.165, 1.54) is 7.11 Å². The van der Waals surface area contributed by atoms with Crippen LogP contribution >= 0.6 is 0 Å². The lowest BCUT2D eigenvalue weighted by atomic mass is 9.84. The smallest absolute Gasteiger partial charge is 0.416 e. The second-order valence-corrected chi connectivity index (χ2v) is 15.7. The van der Waals surface area contributed by atoms with Crippen molar-refractivity contribution >= 4 is 40.0 Å². The zero-order valence-electron chi connectivity index (χ0n) is 33.6. The quantitative estimate of drug-likeness (QED) is 0.138. The fourth-order valence-corrected chi connectivity index (χ4v) is 8.49. The highest BCUT2D eigenvalue weighted by Crippen LogP contribution is 2.46. The van der Waals surface area contributed by atoms with Gasteiger partial charge in [-0.2, -0.15) is 26.3 Å². The van der Waals surface area contributed by atoms with Crippen LogP contribution in [0.2, 0.25) is 0 Å². The molecule has 3 unspecified atom stereocenters. The zero-order valence-corrected chi connectivity index (χ0v) is 33.6. The van der Waals surface area contributed by atoms with Gasteiger partial charge in [0.2, 0.25) is 0 Å². The van der Waals surface area contributed by atoms with Crippen LogP contribution in [0, 0.1) is 6.92 Å². The molecule has 7 rings (SSSR count). The predicted octanol–water partition coefficient (Wildman–Crippen LogP) is 9.89. The number of carbonyl (C=O) groups is 3. The van der Waals surface area contributed by atoms with Gasteiger partial charge in [0.05, 0.1) is 64.6 Å². The molecule has 3 aromatic rings. The van der Waals surface area contributed by atoms with Gasteiger partial charge >= 0.3 is 18.3 Å². The van der Waals surface area contributed by atoms with Crippen molar-refractivity contribution in [3.8, 4) is 0 Å². The Balaban J connectivity index is 1.56.